The molecule has 0 radical (unpaired) electrons. The number of allylic oxidation sites excluding steroid dienone is 2. The summed E-state index contributed by atoms with van der Waals surface area (Å²) < 4.78 is 51.9. The summed E-state index contributed by atoms with van der Waals surface area (Å²) in [6.45, 7) is 3.03. The van der Waals surface area contributed by atoms with Gasteiger partial charge in [-0.25, -0.2) is 4.39 Å². The molecule has 5 rings (SSSR count). The van der Waals surface area contributed by atoms with Crippen molar-refractivity contribution in [1.29, 1.82) is 0 Å². The highest BCUT2D eigenvalue weighted by molar-refractivity contribution is 5.84. The zero-order valence-corrected chi connectivity index (χ0v) is 14.1. The summed E-state index contributed by atoms with van der Waals surface area (Å²) in [7, 11) is 0. The highest BCUT2D eigenvalue weighted by Crippen LogP contribution is 2.58. The Balaban J connectivity index is 1.39. The fraction of sp³-hybridized carbons (Fsp3) is 0.737. The molecule has 0 aliphatic heterocycles. The van der Waals surface area contributed by atoms with Crippen LogP contribution in [-0.2, 0) is 14.3 Å². The number of rotatable bonds is 6. The Morgan fingerprint density at radius 1 is 1.20 bits per heavy atom. The molecule has 4 fully saturated rings. The normalized spacial score (nSPS) is 43.3. The Morgan fingerprint density at radius 2 is 1.76 bits per heavy atom. The molecule has 0 heterocycles. The highest BCUT2D eigenvalue weighted by atomic mass is 19.3. The first kappa shape index (κ1) is 17.1. The van der Waals surface area contributed by atoms with Crippen molar-refractivity contribution >= 4 is 5.97 Å². The third kappa shape index (κ3) is 2.47. The predicted octanol–water partition coefficient (Wildman–Crippen LogP) is 4.54. The molecule has 4 bridgehead atoms. The minimum Gasteiger partial charge on any atom is -0.438 e. The van der Waals surface area contributed by atoms with Gasteiger partial charge >= 0.3 is 11.9 Å². The van der Waals surface area contributed by atoms with Crippen molar-refractivity contribution in [3.8, 4) is 0 Å². The third-order valence-electron chi connectivity index (χ3n) is 6.60. The number of alkyl halides is 2. The van der Waals surface area contributed by atoms with Crippen LogP contribution in [0.2, 0.25) is 0 Å². The Morgan fingerprint density at radius 3 is 2.20 bits per heavy atom. The minimum atomic E-state index is -3.85. The van der Waals surface area contributed by atoms with Crippen LogP contribution < -0.4 is 0 Å². The Labute approximate surface area is 145 Å². The average molecular weight is 356 g/mol. The van der Waals surface area contributed by atoms with Crippen LogP contribution in [0.4, 0.5) is 13.2 Å². The summed E-state index contributed by atoms with van der Waals surface area (Å²) in [6.07, 6.45) is 8.07. The van der Waals surface area contributed by atoms with Gasteiger partial charge in [-0.1, -0.05) is 6.08 Å². The standard InChI is InChI=1S/C19H23F3O3/c1-2-3-18(10-15(20)19(18,21)22)16(23)24-11-25-17-7-12-4-13(8-17)6-14(5-12)9-17/h2,10,12-14H,1,3-9,11H2. The fourth-order valence-electron chi connectivity index (χ4n) is 5.76. The van der Waals surface area contributed by atoms with Crippen LogP contribution in [0.15, 0.2) is 24.6 Å². The van der Waals surface area contributed by atoms with Crippen molar-refractivity contribution < 1.29 is 27.4 Å². The number of hydrogen-bond donors (Lipinski definition) is 0. The molecule has 0 aromatic heterocycles. The Kier molecular flexibility index (Phi) is 3.84. The molecule has 4 saturated carbocycles. The molecule has 1 unspecified atom stereocenters. The number of esters is 1. The molecule has 1 atom stereocenters. The van der Waals surface area contributed by atoms with Gasteiger partial charge in [0, 0.05) is 0 Å². The second-order valence-electron chi connectivity index (χ2n) is 8.33. The lowest BCUT2D eigenvalue weighted by atomic mass is 9.54. The molecule has 0 aromatic rings. The average Bonchev–Trinajstić information content (AvgIpc) is 2.52. The molecule has 0 spiro atoms. The van der Waals surface area contributed by atoms with Crippen molar-refractivity contribution in [1.82, 2.24) is 0 Å². The van der Waals surface area contributed by atoms with E-state index in [9.17, 15) is 18.0 Å². The minimum absolute atomic E-state index is 0.274. The molecule has 5 aliphatic carbocycles. The quantitative estimate of drug-likeness (QED) is 0.398. The maximum atomic E-state index is 13.9. The first-order valence-electron chi connectivity index (χ1n) is 8.99. The van der Waals surface area contributed by atoms with E-state index in [1.807, 2.05) is 0 Å². The lowest BCUT2D eigenvalue weighted by Gasteiger charge is -2.56. The number of hydrogen-bond acceptors (Lipinski definition) is 3. The van der Waals surface area contributed by atoms with E-state index < -0.39 is 23.1 Å². The van der Waals surface area contributed by atoms with Gasteiger partial charge in [0.05, 0.1) is 5.60 Å². The van der Waals surface area contributed by atoms with Gasteiger partial charge < -0.3 is 9.47 Å². The lowest BCUT2D eigenvalue weighted by molar-refractivity contribution is -0.223. The van der Waals surface area contributed by atoms with Crippen LogP contribution in [0.1, 0.15) is 44.9 Å². The molecule has 0 saturated heterocycles. The molecule has 138 valence electrons. The van der Waals surface area contributed by atoms with E-state index in [2.05, 4.69) is 6.58 Å². The van der Waals surface area contributed by atoms with E-state index >= 15 is 0 Å². The third-order valence-corrected chi connectivity index (χ3v) is 6.60. The van der Waals surface area contributed by atoms with Crippen LogP contribution >= 0.6 is 0 Å². The van der Waals surface area contributed by atoms with E-state index in [0.717, 1.165) is 19.3 Å². The first-order chi connectivity index (χ1) is 11.8. The van der Waals surface area contributed by atoms with E-state index in [1.54, 1.807) is 0 Å². The van der Waals surface area contributed by atoms with Crippen LogP contribution in [-0.4, -0.2) is 24.3 Å². The number of carbonyl (C=O) groups is 1. The molecule has 0 aromatic carbocycles. The molecule has 3 nitrogen and oxygen atoms in total. The Bertz CT molecular complexity index is 592. The monoisotopic (exact) mass is 356 g/mol. The fourth-order valence-corrected chi connectivity index (χ4v) is 5.76. The summed E-state index contributed by atoms with van der Waals surface area (Å²) in [5.41, 5.74) is -2.56. The Hall–Kier alpha value is -1.30. The molecular weight excluding hydrogens is 333 g/mol. The first-order valence-corrected chi connectivity index (χ1v) is 8.99. The van der Waals surface area contributed by atoms with Crippen molar-refractivity contribution in [3.63, 3.8) is 0 Å². The van der Waals surface area contributed by atoms with E-state index in [-0.39, 0.29) is 18.8 Å². The van der Waals surface area contributed by atoms with Gasteiger partial charge in [-0.05, 0) is 68.8 Å². The topological polar surface area (TPSA) is 35.5 Å². The summed E-state index contributed by atoms with van der Waals surface area (Å²) in [4.78, 5) is 12.2. The molecule has 0 N–H and O–H groups in total. The predicted molar refractivity (Wildman–Crippen MR) is 84.3 cm³/mol. The zero-order chi connectivity index (χ0) is 17.9. The van der Waals surface area contributed by atoms with Crippen LogP contribution in [0.3, 0.4) is 0 Å². The SMILES string of the molecule is C=CCC1(C(=O)OCOC23CC4CC(CC(C4)C2)C3)C=C(F)C1(F)F. The van der Waals surface area contributed by atoms with Gasteiger partial charge in [-0.3, -0.25) is 4.79 Å². The summed E-state index contributed by atoms with van der Waals surface area (Å²) in [5, 5.41) is 0. The maximum Gasteiger partial charge on any atom is 0.325 e. The summed E-state index contributed by atoms with van der Waals surface area (Å²) in [6, 6.07) is 0. The largest absolute Gasteiger partial charge is 0.438 e. The maximum absolute atomic E-state index is 13.9. The van der Waals surface area contributed by atoms with Crippen molar-refractivity contribution in [2.45, 2.75) is 56.5 Å². The van der Waals surface area contributed by atoms with Gasteiger partial charge in [-0.2, -0.15) is 8.78 Å². The molecule has 5 aliphatic rings. The highest BCUT2D eigenvalue weighted by Gasteiger charge is 2.68. The van der Waals surface area contributed by atoms with Gasteiger partial charge in [0.25, 0.3) is 0 Å². The van der Waals surface area contributed by atoms with Crippen molar-refractivity contribution in [2.75, 3.05) is 6.79 Å². The van der Waals surface area contributed by atoms with Gasteiger partial charge in [0.15, 0.2) is 18.0 Å². The molecule has 6 heteroatoms. The zero-order valence-electron chi connectivity index (χ0n) is 14.1. The molecular formula is C19H23F3O3. The van der Waals surface area contributed by atoms with Crippen LogP contribution in [0.25, 0.3) is 0 Å². The van der Waals surface area contributed by atoms with Crippen molar-refractivity contribution in [3.05, 3.63) is 24.6 Å². The smallest absolute Gasteiger partial charge is 0.325 e. The van der Waals surface area contributed by atoms with E-state index in [1.165, 1.54) is 25.3 Å². The summed E-state index contributed by atoms with van der Waals surface area (Å²) >= 11 is 0. The number of carbonyl (C=O) groups excluding carboxylic acids is 1. The van der Waals surface area contributed by atoms with Gasteiger partial charge in [0.1, 0.15) is 0 Å². The van der Waals surface area contributed by atoms with E-state index in [4.69, 9.17) is 9.47 Å². The van der Waals surface area contributed by atoms with Gasteiger partial charge in [-0.15, -0.1) is 6.58 Å². The second-order valence-corrected chi connectivity index (χ2v) is 8.33. The summed E-state index contributed by atoms with van der Waals surface area (Å²) in [5.74, 6) is -4.58. The molecule has 25 heavy (non-hydrogen) atoms. The van der Waals surface area contributed by atoms with Gasteiger partial charge in [0.2, 0.25) is 0 Å². The van der Waals surface area contributed by atoms with Crippen molar-refractivity contribution in [2.24, 2.45) is 23.2 Å². The number of halogens is 3. The van der Waals surface area contributed by atoms with Crippen LogP contribution in [0.5, 0.6) is 0 Å². The van der Waals surface area contributed by atoms with Crippen LogP contribution in [0, 0.1) is 23.2 Å². The molecule has 0 amide bonds. The second kappa shape index (κ2) is 5.60. The lowest BCUT2D eigenvalue weighted by Crippen LogP contribution is -2.55. The van der Waals surface area contributed by atoms with E-state index in [0.29, 0.717) is 23.8 Å². The number of ether oxygens (including phenoxy) is 2.